The summed E-state index contributed by atoms with van der Waals surface area (Å²) >= 11 is 6.27. The van der Waals surface area contributed by atoms with Crippen molar-refractivity contribution in [2.24, 2.45) is 0 Å². The summed E-state index contributed by atoms with van der Waals surface area (Å²) in [5.74, 6) is -0.322. The summed E-state index contributed by atoms with van der Waals surface area (Å²) in [7, 11) is 1.31. The lowest BCUT2D eigenvalue weighted by atomic mass is 9.91. The first kappa shape index (κ1) is 23.4. The lowest BCUT2D eigenvalue weighted by Gasteiger charge is -2.14. The van der Waals surface area contributed by atoms with E-state index in [-0.39, 0.29) is 16.4 Å². The van der Waals surface area contributed by atoms with Crippen molar-refractivity contribution >= 4 is 17.6 Å². The first-order valence-corrected chi connectivity index (χ1v) is 11.3. The fraction of sp³-hybridized carbons (Fsp3) is 0.231. The standard InChI is InChI=1S/C26H23ClN2O5/c1-3-4-9-19-28-25(27)21(26(33)34-2)29(19)14-15-10-12-16(13-11-15)17-7-5-6-8-18(17)20-22(30)24(32)23(20)31/h5-8,10-13,30H,3-4,9,14H2,1-2H3. The van der Waals surface area contributed by atoms with Gasteiger partial charge in [0.15, 0.2) is 16.6 Å². The van der Waals surface area contributed by atoms with Crippen molar-refractivity contribution in [1.82, 2.24) is 9.55 Å². The number of carbonyl (C=O) groups excluding carboxylic acids is 1. The predicted molar refractivity (Wildman–Crippen MR) is 130 cm³/mol. The van der Waals surface area contributed by atoms with E-state index in [0.29, 0.717) is 18.5 Å². The number of hydrogen-bond donors (Lipinski definition) is 1. The smallest absolute Gasteiger partial charge is 0.357 e. The van der Waals surface area contributed by atoms with Crippen molar-refractivity contribution in [2.75, 3.05) is 7.11 Å². The molecule has 3 aromatic carbocycles. The maximum Gasteiger partial charge on any atom is 0.357 e. The van der Waals surface area contributed by atoms with Gasteiger partial charge < -0.3 is 14.4 Å². The molecule has 0 atom stereocenters. The average molecular weight is 479 g/mol. The normalized spacial score (nSPS) is 11.1. The van der Waals surface area contributed by atoms with Gasteiger partial charge in [-0.15, -0.1) is 0 Å². The number of aromatic hydroxyl groups is 1. The Morgan fingerprint density at radius 1 is 1.06 bits per heavy atom. The van der Waals surface area contributed by atoms with Gasteiger partial charge >= 0.3 is 5.97 Å². The van der Waals surface area contributed by atoms with Crippen molar-refractivity contribution in [3.63, 3.8) is 0 Å². The van der Waals surface area contributed by atoms with Crippen LogP contribution >= 0.6 is 11.6 Å². The van der Waals surface area contributed by atoms with Crippen molar-refractivity contribution < 1.29 is 14.6 Å². The number of aryl methyl sites for hydroxylation is 1. The van der Waals surface area contributed by atoms with Gasteiger partial charge in [-0.2, -0.15) is 0 Å². The second kappa shape index (κ2) is 9.65. The third kappa shape index (κ3) is 4.15. The molecule has 0 aliphatic rings. The molecule has 174 valence electrons. The Morgan fingerprint density at radius 3 is 2.35 bits per heavy atom. The fourth-order valence-electron chi connectivity index (χ4n) is 4.01. The summed E-state index contributed by atoms with van der Waals surface area (Å²) in [5.41, 5.74) is 1.67. The second-order valence-corrected chi connectivity index (χ2v) is 8.33. The minimum atomic E-state index is -0.862. The summed E-state index contributed by atoms with van der Waals surface area (Å²) in [6, 6.07) is 14.7. The van der Waals surface area contributed by atoms with Gasteiger partial charge in [0.05, 0.1) is 12.7 Å². The molecule has 0 saturated heterocycles. The molecule has 34 heavy (non-hydrogen) atoms. The number of halogens is 1. The molecule has 1 heterocycles. The summed E-state index contributed by atoms with van der Waals surface area (Å²) in [5, 5.41) is 10.0. The monoisotopic (exact) mass is 478 g/mol. The van der Waals surface area contributed by atoms with Crippen LogP contribution in [0.4, 0.5) is 0 Å². The molecule has 4 aromatic rings. The van der Waals surface area contributed by atoms with Crippen molar-refractivity contribution in [2.45, 2.75) is 32.7 Å². The van der Waals surface area contributed by atoms with E-state index < -0.39 is 22.6 Å². The molecule has 4 rings (SSSR count). The van der Waals surface area contributed by atoms with Crippen LogP contribution in [0.1, 0.15) is 41.6 Å². The first-order chi connectivity index (χ1) is 16.4. The lowest BCUT2D eigenvalue weighted by molar-refractivity contribution is 0.0589. The quantitative estimate of drug-likeness (QED) is 0.298. The van der Waals surface area contributed by atoms with Crippen LogP contribution in [-0.2, 0) is 17.7 Å². The van der Waals surface area contributed by atoms with E-state index in [2.05, 4.69) is 11.9 Å². The van der Waals surface area contributed by atoms with Crippen molar-refractivity contribution in [3.05, 3.63) is 91.2 Å². The summed E-state index contributed by atoms with van der Waals surface area (Å²) < 4.78 is 6.69. The van der Waals surface area contributed by atoms with E-state index in [9.17, 15) is 19.5 Å². The predicted octanol–water partition coefficient (Wildman–Crippen LogP) is 4.35. The number of rotatable bonds is 8. The van der Waals surface area contributed by atoms with Crippen molar-refractivity contribution in [3.8, 4) is 28.0 Å². The van der Waals surface area contributed by atoms with Crippen LogP contribution in [0, 0.1) is 0 Å². The van der Waals surface area contributed by atoms with Gasteiger partial charge in [0.2, 0.25) is 5.43 Å². The molecule has 0 aliphatic carbocycles. The molecule has 1 aromatic heterocycles. The minimum absolute atomic E-state index is 0.0426. The number of ether oxygens (including phenoxy) is 1. The molecule has 0 radical (unpaired) electrons. The zero-order valence-electron chi connectivity index (χ0n) is 18.8. The van der Waals surface area contributed by atoms with E-state index >= 15 is 0 Å². The first-order valence-electron chi connectivity index (χ1n) is 10.9. The molecule has 0 fully saturated rings. The summed E-state index contributed by atoms with van der Waals surface area (Å²) in [4.78, 5) is 40.2. The molecule has 8 heteroatoms. The topological polar surface area (TPSA) is 98.5 Å². The van der Waals surface area contributed by atoms with Gasteiger partial charge in [-0.05, 0) is 28.7 Å². The molecule has 0 unspecified atom stereocenters. The van der Waals surface area contributed by atoms with Crippen molar-refractivity contribution in [1.29, 1.82) is 0 Å². The number of nitrogens with zero attached hydrogens (tertiary/aromatic N) is 2. The average Bonchev–Trinajstić information content (AvgIpc) is 3.17. The zero-order valence-corrected chi connectivity index (χ0v) is 19.6. The zero-order chi connectivity index (χ0) is 24.4. The van der Waals surface area contributed by atoms with E-state index in [1.807, 2.05) is 36.4 Å². The van der Waals surface area contributed by atoms with Gasteiger partial charge in [-0.3, -0.25) is 9.59 Å². The lowest BCUT2D eigenvalue weighted by Crippen LogP contribution is -2.31. The number of methoxy groups -OCH3 is 1. The number of hydrogen-bond acceptors (Lipinski definition) is 6. The van der Waals surface area contributed by atoms with Gasteiger partial charge in [-0.1, -0.05) is 73.5 Å². The van der Waals surface area contributed by atoms with Crippen LogP contribution in [-0.4, -0.2) is 27.7 Å². The van der Waals surface area contributed by atoms with Crippen LogP contribution in [0.2, 0.25) is 5.15 Å². The molecule has 0 amide bonds. The fourth-order valence-corrected chi connectivity index (χ4v) is 4.29. The highest BCUT2D eigenvalue weighted by Gasteiger charge is 2.24. The third-order valence-corrected chi connectivity index (χ3v) is 6.09. The Hall–Kier alpha value is -3.71. The highest BCUT2D eigenvalue weighted by molar-refractivity contribution is 6.32. The van der Waals surface area contributed by atoms with Gasteiger partial charge in [-0.25, -0.2) is 9.78 Å². The van der Waals surface area contributed by atoms with Crippen LogP contribution in [0.3, 0.4) is 0 Å². The Balaban J connectivity index is 1.68. The maximum atomic E-state index is 12.3. The van der Waals surface area contributed by atoms with Gasteiger partial charge in [0, 0.05) is 13.0 Å². The maximum absolute atomic E-state index is 12.3. The molecular weight excluding hydrogens is 456 g/mol. The Labute approximate surface area is 200 Å². The van der Waals surface area contributed by atoms with Crippen LogP contribution < -0.4 is 10.9 Å². The third-order valence-electron chi connectivity index (χ3n) is 5.82. The molecule has 0 bridgehead atoms. The van der Waals surface area contributed by atoms with E-state index in [1.54, 1.807) is 16.7 Å². The Bertz CT molecular complexity index is 1430. The summed E-state index contributed by atoms with van der Waals surface area (Å²) in [6.45, 7) is 2.46. The molecule has 1 N–H and O–H groups in total. The van der Waals surface area contributed by atoms with Crippen LogP contribution in [0.25, 0.3) is 22.3 Å². The summed E-state index contributed by atoms with van der Waals surface area (Å²) in [6.07, 6.45) is 2.57. The molecular formula is C26H23ClN2O5. The largest absolute Gasteiger partial charge is 0.503 e. The number of unbranched alkanes of at least 4 members (excludes halogenated alkanes) is 1. The second-order valence-electron chi connectivity index (χ2n) is 7.97. The molecule has 0 saturated carbocycles. The van der Waals surface area contributed by atoms with E-state index in [0.717, 1.165) is 35.4 Å². The van der Waals surface area contributed by atoms with E-state index in [4.69, 9.17) is 16.3 Å². The SMILES string of the molecule is CCCCc1nc(Cl)c(C(=O)OC)n1Cc1ccc(-c2ccccc2-c2c(O)c(=O)c2=O)cc1. The minimum Gasteiger partial charge on any atom is -0.503 e. The Kier molecular flexibility index (Phi) is 6.65. The van der Waals surface area contributed by atoms with Crippen LogP contribution in [0.15, 0.2) is 58.1 Å². The molecule has 7 nitrogen and oxygen atoms in total. The molecule has 0 spiro atoms. The number of benzene rings is 2. The Morgan fingerprint density at radius 2 is 1.74 bits per heavy atom. The van der Waals surface area contributed by atoms with Gasteiger partial charge in [0.1, 0.15) is 5.82 Å². The number of carbonyl (C=O) groups is 1. The van der Waals surface area contributed by atoms with E-state index in [1.165, 1.54) is 7.11 Å². The number of imidazole rings is 1. The van der Waals surface area contributed by atoms with Gasteiger partial charge in [0.25, 0.3) is 5.43 Å². The molecule has 0 aliphatic heterocycles. The number of esters is 1. The van der Waals surface area contributed by atoms with Crippen LogP contribution in [0.5, 0.6) is 5.75 Å². The highest BCUT2D eigenvalue weighted by Crippen LogP contribution is 2.34. The number of aromatic nitrogens is 2. The highest BCUT2D eigenvalue weighted by atomic mass is 35.5.